The smallest absolute Gasteiger partial charge is 0.0964 e. The van der Waals surface area contributed by atoms with E-state index in [0.717, 1.165) is 37.9 Å². The Balaban J connectivity index is 1.89. The van der Waals surface area contributed by atoms with Crippen LogP contribution in [0.4, 0.5) is 0 Å². The van der Waals surface area contributed by atoms with Crippen LogP contribution in [-0.4, -0.2) is 31.7 Å². The predicted molar refractivity (Wildman–Crippen MR) is 65.4 cm³/mol. The number of rotatable bonds is 5. The first-order valence-corrected chi connectivity index (χ1v) is 6.42. The Morgan fingerprint density at radius 3 is 2.82 bits per heavy atom. The molecule has 5 nitrogen and oxygen atoms in total. The number of nitrogens with zero attached hydrogens (tertiary/aromatic N) is 3. The topological polar surface area (TPSA) is 63.0 Å². The zero-order valence-electron chi connectivity index (χ0n) is 10.7. The fourth-order valence-corrected chi connectivity index (χ4v) is 2.30. The molecule has 2 rings (SSSR count). The van der Waals surface area contributed by atoms with Gasteiger partial charge in [0.15, 0.2) is 0 Å². The number of hydrogen-bond donors (Lipinski definition) is 2. The minimum absolute atomic E-state index is 0.444. The summed E-state index contributed by atoms with van der Waals surface area (Å²) in [5.74, 6) is 0. The summed E-state index contributed by atoms with van der Waals surface area (Å²) in [6, 6.07) is 0.444. The van der Waals surface area contributed by atoms with Crippen molar-refractivity contribution in [2.75, 3.05) is 0 Å². The van der Waals surface area contributed by atoms with E-state index in [2.05, 4.69) is 29.5 Å². The monoisotopic (exact) mass is 238 g/mol. The molecule has 0 unspecified atom stereocenters. The summed E-state index contributed by atoms with van der Waals surface area (Å²) in [4.78, 5) is 0. The fraction of sp³-hybridized carbons (Fsp3) is 0.833. The van der Waals surface area contributed by atoms with Gasteiger partial charge in [-0.2, -0.15) is 0 Å². The lowest BCUT2D eigenvalue weighted by Crippen LogP contribution is -2.30. The van der Waals surface area contributed by atoms with Gasteiger partial charge < -0.3 is 10.4 Å². The van der Waals surface area contributed by atoms with Crippen molar-refractivity contribution in [1.29, 1.82) is 0 Å². The van der Waals surface area contributed by atoms with Crippen molar-refractivity contribution in [1.82, 2.24) is 20.3 Å². The Kier molecular flexibility index (Phi) is 3.79. The predicted octanol–water partition coefficient (Wildman–Crippen LogP) is 1.08. The Morgan fingerprint density at radius 1 is 1.47 bits per heavy atom. The van der Waals surface area contributed by atoms with Crippen molar-refractivity contribution < 1.29 is 5.11 Å². The molecule has 1 aromatic heterocycles. The highest BCUT2D eigenvalue weighted by Crippen LogP contribution is 2.30. The third kappa shape index (κ3) is 3.51. The van der Waals surface area contributed by atoms with Crippen LogP contribution in [0.3, 0.4) is 0 Å². The molecule has 2 N–H and O–H groups in total. The van der Waals surface area contributed by atoms with Gasteiger partial charge in [-0.15, -0.1) is 5.10 Å². The summed E-state index contributed by atoms with van der Waals surface area (Å²) in [7, 11) is 0. The van der Waals surface area contributed by atoms with E-state index in [9.17, 15) is 5.11 Å². The van der Waals surface area contributed by atoms with Crippen LogP contribution >= 0.6 is 0 Å². The zero-order valence-corrected chi connectivity index (χ0v) is 10.7. The molecule has 1 heterocycles. The molecule has 1 saturated carbocycles. The summed E-state index contributed by atoms with van der Waals surface area (Å²) in [5, 5.41) is 21.7. The molecule has 0 bridgehead atoms. The first-order valence-electron chi connectivity index (χ1n) is 6.42. The maximum atomic E-state index is 10.3. The van der Waals surface area contributed by atoms with Gasteiger partial charge in [0.1, 0.15) is 0 Å². The highest BCUT2D eigenvalue weighted by Gasteiger charge is 2.31. The van der Waals surface area contributed by atoms with Crippen molar-refractivity contribution in [3.8, 4) is 0 Å². The minimum atomic E-state index is -0.559. The normalized spacial score (nSPS) is 19.1. The van der Waals surface area contributed by atoms with Crippen LogP contribution in [-0.2, 0) is 13.1 Å². The van der Waals surface area contributed by atoms with Crippen LogP contribution < -0.4 is 5.32 Å². The maximum absolute atomic E-state index is 10.3. The van der Waals surface area contributed by atoms with E-state index >= 15 is 0 Å². The zero-order chi connectivity index (χ0) is 12.3. The molecule has 1 aliphatic rings. The average molecular weight is 238 g/mol. The summed E-state index contributed by atoms with van der Waals surface area (Å²) in [6.45, 7) is 5.51. The van der Waals surface area contributed by atoms with Gasteiger partial charge >= 0.3 is 0 Å². The van der Waals surface area contributed by atoms with Crippen LogP contribution in [0, 0.1) is 0 Å². The molecule has 0 spiro atoms. The van der Waals surface area contributed by atoms with Crippen molar-refractivity contribution in [2.45, 2.75) is 64.3 Å². The third-order valence-electron chi connectivity index (χ3n) is 3.27. The fourth-order valence-electron chi connectivity index (χ4n) is 2.30. The molecule has 0 saturated heterocycles. The standard InChI is InChI=1S/C12H22N4O/c1-10(2)13-7-11-8-16(15-14-11)9-12(17)5-3-4-6-12/h8,10,13,17H,3-7,9H2,1-2H3. The van der Waals surface area contributed by atoms with Crippen LogP contribution in [0.2, 0.25) is 0 Å². The second-order valence-corrected chi connectivity index (χ2v) is 5.37. The van der Waals surface area contributed by atoms with Gasteiger partial charge in [-0.3, -0.25) is 0 Å². The average Bonchev–Trinajstić information content (AvgIpc) is 2.85. The van der Waals surface area contributed by atoms with Crippen LogP contribution in [0.1, 0.15) is 45.2 Å². The molecule has 0 aromatic carbocycles. The van der Waals surface area contributed by atoms with E-state index in [-0.39, 0.29) is 0 Å². The van der Waals surface area contributed by atoms with Crippen LogP contribution in [0.5, 0.6) is 0 Å². The maximum Gasteiger partial charge on any atom is 0.0964 e. The van der Waals surface area contributed by atoms with Gasteiger partial charge in [-0.05, 0) is 12.8 Å². The summed E-state index contributed by atoms with van der Waals surface area (Å²) in [5.41, 5.74) is 0.372. The van der Waals surface area contributed by atoms with Gasteiger partial charge in [0.05, 0.1) is 17.8 Å². The Hall–Kier alpha value is -0.940. The van der Waals surface area contributed by atoms with Crippen molar-refractivity contribution >= 4 is 0 Å². The van der Waals surface area contributed by atoms with E-state index < -0.39 is 5.60 Å². The molecule has 96 valence electrons. The lowest BCUT2D eigenvalue weighted by atomic mass is 10.0. The largest absolute Gasteiger partial charge is 0.388 e. The van der Waals surface area contributed by atoms with Crippen LogP contribution in [0.25, 0.3) is 0 Å². The van der Waals surface area contributed by atoms with E-state index in [1.165, 1.54) is 0 Å². The molecule has 17 heavy (non-hydrogen) atoms. The quantitative estimate of drug-likeness (QED) is 0.806. The van der Waals surface area contributed by atoms with Crippen LogP contribution in [0.15, 0.2) is 6.20 Å². The second-order valence-electron chi connectivity index (χ2n) is 5.37. The van der Waals surface area contributed by atoms with E-state index in [0.29, 0.717) is 12.6 Å². The van der Waals surface area contributed by atoms with Gasteiger partial charge in [0.25, 0.3) is 0 Å². The SMILES string of the molecule is CC(C)NCc1cn(CC2(O)CCCC2)nn1. The summed E-state index contributed by atoms with van der Waals surface area (Å²) in [6.07, 6.45) is 5.92. The highest BCUT2D eigenvalue weighted by atomic mass is 16.3. The summed E-state index contributed by atoms with van der Waals surface area (Å²) >= 11 is 0. The highest BCUT2D eigenvalue weighted by molar-refractivity contribution is 4.94. The van der Waals surface area contributed by atoms with Crippen molar-refractivity contribution in [2.24, 2.45) is 0 Å². The van der Waals surface area contributed by atoms with Crippen molar-refractivity contribution in [3.05, 3.63) is 11.9 Å². The molecule has 0 atom stereocenters. The van der Waals surface area contributed by atoms with Gasteiger partial charge in [-0.25, -0.2) is 4.68 Å². The number of nitrogens with one attached hydrogen (secondary N) is 1. The minimum Gasteiger partial charge on any atom is -0.388 e. The van der Waals surface area contributed by atoms with Crippen molar-refractivity contribution in [3.63, 3.8) is 0 Å². The van der Waals surface area contributed by atoms with E-state index in [1.54, 1.807) is 4.68 Å². The molecule has 1 fully saturated rings. The summed E-state index contributed by atoms with van der Waals surface area (Å²) < 4.78 is 1.77. The number of hydrogen-bond acceptors (Lipinski definition) is 4. The van der Waals surface area contributed by atoms with Gasteiger partial charge in [0.2, 0.25) is 0 Å². The lowest BCUT2D eigenvalue weighted by Gasteiger charge is -2.21. The lowest BCUT2D eigenvalue weighted by molar-refractivity contribution is 0.0260. The van der Waals surface area contributed by atoms with E-state index in [1.807, 2.05) is 6.20 Å². The molecule has 1 aromatic rings. The Morgan fingerprint density at radius 2 is 2.18 bits per heavy atom. The van der Waals surface area contributed by atoms with Gasteiger partial charge in [-0.1, -0.05) is 31.9 Å². The third-order valence-corrected chi connectivity index (χ3v) is 3.27. The number of aliphatic hydroxyl groups is 1. The number of aromatic nitrogens is 3. The van der Waals surface area contributed by atoms with E-state index in [4.69, 9.17) is 0 Å². The first kappa shape index (κ1) is 12.5. The molecular weight excluding hydrogens is 216 g/mol. The molecule has 1 aliphatic carbocycles. The Labute approximate surface area is 102 Å². The molecule has 5 heteroatoms. The Bertz CT molecular complexity index is 355. The van der Waals surface area contributed by atoms with Gasteiger partial charge in [0, 0.05) is 18.8 Å². The molecule has 0 radical (unpaired) electrons. The molecule has 0 aliphatic heterocycles. The molecule has 0 amide bonds. The second kappa shape index (κ2) is 5.14. The first-order chi connectivity index (χ1) is 8.07. The molecular formula is C12H22N4O.